The number of carboxylic acids is 1. The molecule has 1 fully saturated rings. The largest absolute Gasteiger partial charge is 0.481 e. The van der Waals surface area contributed by atoms with Crippen molar-refractivity contribution in [1.29, 1.82) is 0 Å². The average molecular weight is 468 g/mol. The Kier molecular flexibility index (Phi) is 9.64. The van der Waals surface area contributed by atoms with Crippen LogP contribution in [0.1, 0.15) is 56.3 Å². The van der Waals surface area contributed by atoms with Crippen molar-refractivity contribution < 1.29 is 27.9 Å². The van der Waals surface area contributed by atoms with E-state index < -0.39 is 16.0 Å². The van der Waals surface area contributed by atoms with Gasteiger partial charge in [0.15, 0.2) is 0 Å². The highest BCUT2D eigenvalue weighted by atomic mass is 32.2. The molecule has 0 aromatic heterocycles. The summed E-state index contributed by atoms with van der Waals surface area (Å²) in [5.41, 5.74) is 0.405. The number of nitrogens with zero attached hydrogens (tertiary/aromatic N) is 3. The molecular formula is C22H33N3O6S. The second-order valence-corrected chi connectivity index (χ2v) is 9.79. The molecule has 178 valence electrons. The highest BCUT2D eigenvalue weighted by Gasteiger charge is 2.26. The topological polar surface area (TPSA) is 115 Å². The SMILES string of the molecule is CCCN(CCC)S(=O)(=O)c1ccc(C(=O)N2CCN(C(=O)CCCC(=O)O)CC2)cc1. The Morgan fingerprint density at radius 2 is 1.44 bits per heavy atom. The van der Waals surface area contributed by atoms with Crippen molar-refractivity contribution in [3.05, 3.63) is 29.8 Å². The van der Waals surface area contributed by atoms with Crippen molar-refractivity contribution in [3.8, 4) is 0 Å². The van der Waals surface area contributed by atoms with Crippen molar-refractivity contribution in [3.63, 3.8) is 0 Å². The van der Waals surface area contributed by atoms with Gasteiger partial charge in [0.1, 0.15) is 0 Å². The zero-order valence-electron chi connectivity index (χ0n) is 18.8. The minimum atomic E-state index is -3.60. The molecule has 0 spiro atoms. The molecule has 0 unspecified atom stereocenters. The van der Waals surface area contributed by atoms with Crippen LogP contribution in [0.5, 0.6) is 0 Å². The van der Waals surface area contributed by atoms with E-state index in [1.165, 1.54) is 28.6 Å². The molecule has 1 aromatic carbocycles. The monoisotopic (exact) mass is 467 g/mol. The summed E-state index contributed by atoms with van der Waals surface area (Å²) in [5, 5.41) is 8.67. The van der Waals surface area contributed by atoms with E-state index in [1.807, 2.05) is 13.8 Å². The number of aliphatic carboxylic acids is 1. The van der Waals surface area contributed by atoms with Crippen molar-refractivity contribution in [2.75, 3.05) is 39.3 Å². The van der Waals surface area contributed by atoms with E-state index in [0.717, 1.165) is 12.8 Å². The highest BCUT2D eigenvalue weighted by molar-refractivity contribution is 7.89. The highest BCUT2D eigenvalue weighted by Crippen LogP contribution is 2.19. The second-order valence-electron chi connectivity index (χ2n) is 7.85. The molecule has 2 amide bonds. The summed E-state index contributed by atoms with van der Waals surface area (Å²) >= 11 is 0. The minimum absolute atomic E-state index is 0.0371. The van der Waals surface area contributed by atoms with Crippen LogP contribution in [0.2, 0.25) is 0 Å². The summed E-state index contributed by atoms with van der Waals surface area (Å²) < 4.78 is 27.2. The lowest BCUT2D eigenvalue weighted by Crippen LogP contribution is -2.50. The van der Waals surface area contributed by atoms with Gasteiger partial charge in [-0.2, -0.15) is 4.31 Å². The molecule has 0 atom stereocenters. The van der Waals surface area contributed by atoms with Crippen LogP contribution in [0.15, 0.2) is 29.2 Å². The molecular weight excluding hydrogens is 434 g/mol. The summed E-state index contributed by atoms with van der Waals surface area (Å²) in [6, 6.07) is 6.02. The molecule has 10 heteroatoms. The first-order valence-corrected chi connectivity index (χ1v) is 12.5. The van der Waals surface area contributed by atoms with E-state index in [9.17, 15) is 22.8 Å². The van der Waals surface area contributed by atoms with Crippen LogP contribution in [-0.2, 0) is 19.6 Å². The van der Waals surface area contributed by atoms with Crippen LogP contribution in [-0.4, -0.2) is 84.7 Å². The number of benzene rings is 1. The smallest absolute Gasteiger partial charge is 0.303 e. The summed E-state index contributed by atoms with van der Waals surface area (Å²) in [4.78, 5) is 39.0. The Labute approximate surface area is 190 Å². The standard InChI is InChI=1S/C22H33N3O6S/c1-3-12-25(13-4-2)32(30,31)19-10-8-18(9-11-19)22(29)24-16-14-23(15-17-24)20(26)6-5-7-21(27)28/h8-11H,3-7,12-17H2,1-2H3,(H,27,28). The van der Waals surface area contributed by atoms with Gasteiger partial charge in [0.25, 0.3) is 5.91 Å². The van der Waals surface area contributed by atoms with Gasteiger partial charge in [0, 0.05) is 57.7 Å². The number of rotatable bonds is 11. The van der Waals surface area contributed by atoms with E-state index in [4.69, 9.17) is 5.11 Å². The van der Waals surface area contributed by atoms with E-state index in [0.29, 0.717) is 51.3 Å². The van der Waals surface area contributed by atoms with Gasteiger partial charge in [-0.3, -0.25) is 14.4 Å². The number of hydrogen-bond donors (Lipinski definition) is 1. The fourth-order valence-electron chi connectivity index (χ4n) is 3.66. The molecule has 1 aromatic rings. The van der Waals surface area contributed by atoms with Crippen molar-refractivity contribution >= 4 is 27.8 Å². The number of carbonyl (C=O) groups excluding carboxylic acids is 2. The quantitative estimate of drug-likeness (QED) is 0.532. The van der Waals surface area contributed by atoms with Crippen LogP contribution in [0.3, 0.4) is 0 Å². The van der Waals surface area contributed by atoms with E-state index in [1.54, 1.807) is 9.80 Å². The van der Waals surface area contributed by atoms with Crippen LogP contribution in [0.25, 0.3) is 0 Å². The predicted octanol–water partition coefficient (Wildman–Crippen LogP) is 2.04. The number of hydrogen-bond acceptors (Lipinski definition) is 5. The van der Waals surface area contributed by atoms with Crippen LogP contribution >= 0.6 is 0 Å². The maximum atomic E-state index is 12.9. The summed E-state index contributed by atoms with van der Waals surface area (Å²) in [6.07, 6.45) is 1.90. The molecule has 32 heavy (non-hydrogen) atoms. The van der Waals surface area contributed by atoms with Gasteiger partial charge in [-0.25, -0.2) is 8.42 Å². The maximum Gasteiger partial charge on any atom is 0.303 e. The average Bonchev–Trinajstić information content (AvgIpc) is 2.78. The van der Waals surface area contributed by atoms with Gasteiger partial charge < -0.3 is 14.9 Å². The molecule has 1 aliphatic rings. The van der Waals surface area contributed by atoms with Crippen molar-refractivity contribution in [1.82, 2.24) is 14.1 Å². The molecule has 1 aliphatic heterocycles. The van der Waals surface area contributed by atoms with Crippen LogP contribution in [0.4, 0.5) is 0 Å². The van der Waals surface area contributed by atoms with Crippen LogP contribution in [0, 0.1) is 0 Å². The minimum Gasteiger partial charge on any atom is -0.481 e. The fourth-order valence-corrected chi connectivity index (χ4v) is 5.28. The second kappa shape index (κ2) is 12.0. The molecule has 1 saturated heterocycles. The Hall–Kier alpha value is -2.46. The first-order valence-electron chi connectivity index (χ1n) is 11.1. The maximum absolute atomic E-state index is 12.9. The third kappa shape index (κ3) is 6.77. The van der Waals surface area contributed by atoms with Crippen molar-refractivity contribution in [2.45, 2.75) is 50.8 Å². The summed E-state index contributed by atoms with van der Waals surface area (Å²) in [5.74, 6) is -1.22. The van der Waals surface area contributed by atoms with Gasteiger partial charge in [-0.15, -0.1) is 0 Å². The van der Waals surface area contributed by atoms with Gasteiger partial charge in [-0.05, 0) is 43.5 Å². The molecule has 1 N–H and O–H groups in total. The molecule has 0 aliphatic carbocycles. The normalized spacial score (nSPS) is 14.6. The molecule has 9 nitrogen and oxygen atoms in total. The predicted molar refractivity (Wildman–Crippen MR) is 120 cm³/mol. The zero-order chi connectivity index (χ0) is 23.7. The van der Waals surface area contributed by atoms with Gasteiger partial charge >= 0.3 is 5.97 Å². The van der Waals surface area contributed by atoms with Crippen LogP contribution < -0.4 is 0 Å². The number of carbonyl (C=O) groups is 3. The first kappa shape index (κ1) is 25.8. The summed E-state index contributed by atoms with van der Waals surface area (Å²) in [7, 11) is -3.60. The summed E-state index contributed by atoms with van der Waals surface area (Å²) in [6.45, 7) is 6.33. The number of piperazine rings is 1. The zero-order valence-corrected chi connectivity index (χ0v) is 19.6. The molecule has 0 bridgehead atoms. The third-order valence-electron chi connectivity index (χ3n) is 5.39. The number of sulfonamides is 1. The molecule has 0 saturated carbocycles. The molecule has 1 heterocycles. The molecule has 2 rings (SSSR count). The lowest BCUT2D eigenvalue weighted by molar-refractivity contribution is -0.137. The Morgan fingerprint density at radius 3 is 1.94 bits per heavy atom. The Bertz CT molecular complexity index is 887. The molecule has 0 radical (unpaired) electrons. The van der Waals surface area contributed by atoms with Gasteiger partial charge in [-0.1, -0.05) is 13.8 Å². The van der Waals surface area contributed by atoms with Gasteiger partial charge in [0.05, 0.1) is 4.90 Å². The number of amides is 2. The fraction of sp³-hybridized carbons (Fsp3) is 0.591. The van der Waals surface area contributed by atoms with Gasteiger partial charge in [0.2, 0.25) is 15.9 Å². The van der Waals surface area contributed by atoms with E-state index in [2.05, 4.69) is 0 Å². The Morgan fingerprint density at radius 1 is 0.906 bits per heavy atom. The van der Waals surface area contributed by atoms with Crippen molar-refractivity contribution in [2.24, 2.45) is 0 Å². The van der Waals surface area contributed by atoms with E-state index >= 15 is 0 Å². The first-order chi connectivity index (χ1) is 15.2. The number of carboxylic acid groups (broad SMARTS) is 1. The lowest BCUT2D eigenvalue weighted by Gasteiger charge is -2.35. The van der Waals surface area contributed by atoms with E-state index in [-0.39, 0.29) is 29.6 Å². The Balaban J connectivity index is 1.96. The third-order valence-corrected chi connectivity index (χ3v) is 7.30. The lowest BCUT2D eigenvalue weighted by atomic mass is 10.1.